The number of hydrogen-bond acceptors (Lipinski definition) is 3. The lowest BCUT2D eigenvalue weighted by Gasteiger charge is -2.17. The topological polar surface area (TPSA) is 51.2 Å². The van der Waals surface area contributed by atoms with Crippen molar-refractivity contribution in [2.45, 2.75) is 0 Å². The summed E-state index contributed by atoms with van der Waals surface area (Å²) in [6.07, 6.45) is 2.97. The normalized spacial score (nSPS) is 14.6. The minimum absolute atomic E-state index is 0.0228. The first kappa shape index (κ1) is 7.36. The number of halogens is 1. The summed E-state index contributed by atoms with van der Waals surface area (Å²) in [4.78, 5) is 14.7. The van der Waals surface area contributed by atoms with Gasteiger partial charge in [0.2, 0.25) is 0 Å². The van der Waals surface area contributed by atoms with Crippen LogP contribution in [-0.4, -0.2) is 17.5 Å². The smallest absolute Gasteiger partial charge is 0.262 e. The van der Waals surface area contributed by atoms with Crippen molar-refractivity contribution in [2.75, 3.05) is 11.9 Å². The van der Waals surface area contributed by atoms with Gasteiger partial charge in [-0.1, -0.05) is 11.6 Å². The minimum atomic E-state index is -0.199. The molecule has 0 radical (unpaired) electrons. The van der Waals surface area contributed by atoms with E-state index in [9.17, 15) is 4.79 Å². The lowest BCUT2D eigenvalue weighted by Crippen LogP contribution is -2.25. The van der Waals surface area contributed by atoms with Crippen molar-refractivity contribution in [3.8, 4) is 5.75 Å². The number of rotatable bonds is 0. The van der Waals surface area contributed by atoms with Gasteiger partial charge in [0, 0.05) is 6.20 Å². The van der Waals surface area contributed by atoms with Gasteiger partial charge in [-0.05, 0) is 0 Å². The molecule has 0 atom stereocenters. The highest BCUT2D eigenvalue weighted by atomic mass is 35.5. The summed E-state index contributed by atoms with van der Waals surface area (Å²) >= 11 is 5.75. The van der Waals surface area contributed by atoms with Gasteiger partial charge in [-0.25, -0.2) is 0 Å². The van der Waals surface area contributed by atoms with Crippen molar-refractivity contribution in [2.24, 2.45) is 0 Å². The van der Waals surface area contributed by atoms with Crippen LogP contribution in [0.5, 0.6) is 5.75 Å². The van der Waals surface area contributed by atoms with Gasteiger partial charge in [0.05, 0.1) is 11.2 Å². The second kappa shape index (κ2) is 2.64. The summed E-state index contributed by atoms with van der Waals surface area (Å²) in [5.41, 5.74) is 0.503. The first-order valence-electron chi connectivity index (χ1n) is 3.33. The van der Waals surface area contributed by atoms with E-state index in [0.29, 0.717) is 16.5 Å². The van der Waals surface area contributed by atoms with E-state index < -0.39 is 0 Å². The maximum absolute atomic E-state index is 10.9. The number of anilines is 1. The Morgan fingerprint density at radius 2 is 2.42 bits per heavy atom. The van der Waals surface area contributed by atoms with Crippen molar-refractivity contribution in [3.63, 3.8) is 0 Å². The molecule has 0 unspecified atom stereocenters. The van der Waals surface area contributed by atoms with Crippen LogP contribution < -0.4 is 10.1 Å². The number of fused-ring (bicyclic) bond motifs is 1. The number of nitrogens with one attached hydrogen (secondary N) is 1. The van der Waals surface area contributed by atoms with Gasteiger partial charge in [-0.15, -0.1) is 0 Å². The Kier molecular flexibility index (Phi) is 1.62. The SMILES string of the molecule is O=C1COc2cncc(Cl)c2N1. The van der Waals surface area contributed by atoms with Gasteiger partial charge in [-0.3, -0.25) is 9.78 Å². The summed E-state index contributed by atoms with van der Waals surface area (Å²) in [7, 11) is 0. The number of amides is 1. The third kappa shape index (κ3) is 1.10. The Morgan fingerprint density at radius 3 is 3.25 bits per heavy atom. The van der Waals surface area contributed by atoms with Crippen LogP contribution in [0.3, 0.4) is 0 Å². The fourth-order valence-electron chi connectivity index (χ4n) is 0.967. The van der Waals surface area contributed by atoms with Crippen LogP contribution in [0.4, 0.5) is 5.69 Å². The summed E-state index contributed by atoms with van der Waals surface area (Å²) in [6, 6.07) is 0. The van der Waals surface area contributed by atoms with E-state index in [-0.39, 0.29) is 12.5 Å². The Labute approximate surface area is 73.5 Å². The number of ether oxygens (including phenoxy) is 1. The Bertz CT molecular complexity index is 340. The molecule has 0 bridgehead atoms. The van der Waals surface area contributed by atoms with Gasteiger partial charge in [0.1, 0.15) is 5.69 Å². The number of aromatic nitrogens is 1. The van der Waals surface area contributed by atoms with E-state index in [2.05, 4.69) is 10.3 Å². The Morgan fingerprint density at radius 1 is 1.58 bits per heavy atom. The van der Waals surface area contributed by atoms with Crippen molar-refractivity contribution >= 4 is 23.2 Å². The van der Waals surface area contributed by atoms with Gasteiger partial charge in [-0.2, -0.15) is 0 Å². The fraction of sp³-hybridized carbons (Fsp3) is 0.143. The van der Waals surface area contributed by atoms with Gasteiger partial charge < -0.3 is 10.1 Å². The first-order valence-corrected chi connectivity index (χ1v) is 3.71. The highest BCUT2D eigenvalue weighted by Gasteiger charge is 2.18. The second-order valence-corrected chi connectivity index (χ2v) is 2.74. The molecule has 4 nitrogen and oxygen atoms in total. The second-order valence-electron chi connectivity index (χ2n) is 2.33. The van der Waals surface area contributed by atoms with Gasteiger partial charge in [0.25, 0.3) is 5.91 Å². The molecule has 62 valence electrons. The molecule has 1 aromatic rings. The molecule has 0 aliphatic carbocycles. The number of carbonyl (C=O) groups excluding carboxylic acids is 1. The number of carbonyl (C=O) groups is 1. The summed E-state index contributed by atoms with van der Waals surface area (Å²) < 4.78 is 5.06. The predicted octanol–water partition coefficient (Wildman–Crippen LogP) is 1.07. The van der Waals surface area contributed by atoms with Crippen LogP contribution in [0.2, 0.25) is 5.02 Å². The van der Waals surface area contributed by atoms with Crippen LogP contribution in [0.15, 0.2) is 12.4 Å². The zero-order valence-corrected chi connectivity index (χ0v) is 6.76. The lowest BCUT2D eigenvalue weighted by molar-refractivity contribution is -0.118. The molecule has 0 saturated carbocycles. The molecule has 0 fully saturated rings. The number of hydrogen-bond donors (Lipinski definition) is 1. The average molecular weight is 185 g/mol. The largest absolute Gasteiger partial charge is 0.480 e. The maximum Gasteiger partial charge on any atom is 0.262 e. The number of pyridine rings is 1. The fourth-order valence-corrected chi connectivity index (χ4v) is 1.16. The molecule has 2 rings (SSSR count). The molecular formula is C7H5ClN2O2. The van der Waals surface area contributed by atoms with Gasteiger partial charge >= 0.3 is 0 Å². The summed E-state index contributed by atoms with van der Waals surface area (Å²) in [5.74, 6) is 0.317. The molecule has 2 heterocycles. The quantitative estimate of drug-likeness (QED) is 0.656. The molecule has 1 aliphatic rings. The zero-order chi connectivity index (χ0) is 8.55. The molecule has 12 heavy (non-hydrogen) atoms. The summed E-state index contributed by atoms with van der Waals surface area (Å²) in [6.45, 7) is 0.0228. The monoisotopic (exact) mass is 184 g/mol. The van der Waals surface area contributed by atoms with Crippen molar-refractivity contribution in [1.29, 1.82) is 0 Å². The minimum Gasteiger partial charge on any atom is -0.480 e. The van der Waals surface area contributed by atoms with Crippen LogP contribution in [0.25, 0.3) is 0 Å². The first-order chi connectivity index (χ1) is 5.77. The maximum atomic E-state index is 10.9. The predicted molar refractivity (Wildman–Crippen MR) is 43.4 cm³/mol. The van der Waals surface area contributed by atoms with E-state index in [4.69, 9.17) is 16.3 Å². The van der Waals surface area contributed by atoms with Crippen LogP contribution >= 0.6 is 11.6 Å². The van der Waals surface area contributed by atoms with E-state index in [0.717, 1.165) is 0 Å². The lowest BCUT2D eigenvalue weighted by atomic mass is 10.3. The molecule has 0 spiro atoms. The summed E-state index contributed by atoms with van der Waals surface area (Å²) in [5, 5.41) is 2.98. The third-order valence-corrected chi connectivity index (χ3v) is 1.77. The molecule has 1 N–H and O–H groups in total. The van der Waals surface area contributed by atoms with E-state index in [1.54, 1.807) is 0 Å². The molecule has 1 aromatic heterocycles. The Hall–Kier alpha value is -1.29. The molecule has 1 amide bonds. The number of nitrogens with zero attached hydrogens (tertiary/aromatic N) is 1. The molecule has 5 heteroatoms. The van der Waals surface area contributed by atoms with E-state index >= 15 is 0 Å². The molecule has 0 saturated heterocycles. The van der Waals surface area contributed by atoms with Crippen LogP contribution in [-0.2, 0) is 4.79 Å². The van der Waals surface area contributed by atoms with Crippen LogP contribution in [0, 0.1) is 0 Å². The highest BCUT2D eigenvalue weighted by molar-refractivity contribution is 6.34. The van der Waals surface area contributed by atoms with Crippen molar-refractivity contribution < 1.29 is 9.53 Å². The molecule has 1 aliphatic heterocycles. The standard InChI is InChI=1S/C7H5ClN2O2/c8-4-1-9-2-5-7(4)10-6(11)3-12-5/h1-2H,3H2,(H,10,11). The van der Waals surface area contributed by atoms with E-state index in [1.807, 2.05) is 0 Å². The van der Waals surface area contributed by atoms with Crippen molar-refractivity contribution in [1.82, 2.24) is 4.98 Å². The van der Waals surface area contributed by atoms with E-state index in [1.165, 1.54) is 12.4 Å². The van der Waals surface area contributed by atoms with Crippen LogP contribution in [0.1, 0.15) is 0 Å². The zero-order valence-electron chi connectivity index (χ0n) is 6.00. The average Bonchev–Trinajstić information content (AvgIpc) is 2.07. The van der Waals surface area contributed by atoms with Crippen molar-refractivity contribution in [3.05, 3.63) is 17.4 Å². The third-order valence-electron chi connectivity index (χ3n) is 1.49. The highest BCUT2D eigenvalue weighted by Crippen LogP contribution is 2.32. The van der Waals surface area contributed by atoms with Gasteiger partial charge in [0.15, 0.2) is 12.4 Å². The molecular weight excluding hydrogens is 180 g/mol. The molecule has 0 aromatic carbocycles. The Balaban J connectivity index is 2.50.